The molecule has 142 valence electrons. The average molecular weight is 370 g/mol. The summed E-state index contributed by atoms with van der Waals surface area (Å²) in [6, 6.07) is 0.0391. The maximum Gasteiger partial charge on any atom is 0.356 e. The number of rotatable bonds is 4. The minimum absolute atomic E-state index is 0.0593. The van der Waals surface area contributed by atoms with Gasteiger partial charge in [0.2, 0.25) is 11.9 Å². The van der Waals surface area contributed by atoms with E-state index in [1.807, 2.05) is 6.92 Å². The largest absolute Gasteiger partial charge is 0.476 e. The summed E-state index contributed by atoms with van der Waals surface area (Å²) in [7, 11) is 1.75. The Hall–Kier alpha value is -2.97. The fourth-order valence-electron chi connectivity index (χ4n) is 4.04. The molecule has 0 unspecified atom stereocenters. The molecule has 4 rings (SSSR count). The number of carbonyl (C=O) groups is 2. The van der Waals surface area contributed by atoms with Gasteiger partial charge in [-0.05, 0) is 19.3 Å². The number of carbonyl (C=O) groups excluding carboxylic acids is 1. The summed E-state index contributed by atoms with van der Waals surface area (Å²) < 4.78 is 1.49. The monoisotopic (exact) mass is 370 g/mol. The number of amides is 1. The van der Waals surface area contributed by atoms with E-state index in [9.17, 15) is 9.59 Å². The van der Waals surface area contributed by atoms with Crippen molar-refractivity contribution in [2.24, 2.45) is 0 Å². The number of fused-ring (bicyclic) bond motifs is 1. The van der Waals surface area contributed by atoms with E-state index < -0.39 is 5.97 Å². The van der Waals surface area contributed by atoms with Gasteiger partial charge in [0.25, 0.3) is 0 Å². The number of hydrogen-bond acceptors (Lipinski definition) is 6. The van der Waals surface area contributed by atoms with Crippen molar-refractivity contribution in [2.75, 3.05) is 16.8 Å². The van der Waals surface area contributed by atoms with Crippen molar-refractivity contribution in [3.05, 3.63) is 24.4 Å². The molecule has 0 aromatic carbocycles. The summed E-state index contributed by atoms with van der Waals surface area (Å²) in [4.78, 5) is 40.7. The Balaban J connectivity index is 1.81. The Labute approximate surface area is 156 Å². The van der Waals surface area contributed by atoms with E-state index >= 15 is 0 Å². The molecule has 27 heavy (non-hydrogen) atoms. The molecule has 1 amide bonds. The molecule has 3 heterocycles. The van der Waals surface area contributed by atoms with Crippen molar-refractivity contribution >= 4 is 23.4 Å². The number of carboxylic acids is 1. The summed E-state index contributed by atoms with van der Waals surface area (Å²) >= 11 is 0. The third kappa shape index (κ3) is 2.83. The Morgan fingerprint density at radius 2 is 2.04 bits per heavy atom. The minimum atomic E-state index is -1.10. The Morgan fingerprint density at radius 1 is 1.30 bits per heavy atom. The first kappa shape index (κ1) is 17.4. The highest BCUT2D eigenvalue weighted by atomic mass is 16.4. The number of imidazole rings is 1. The van der Waals surface area contributed by atoms with Gasteiger partial charge in [0.1, 0.15) is 18.1 Å². The van der Waals surface area contributed by atoms with Gasteiger partial charge in [-0.2, -0.15) is 4.98 Å². The average Bonchev–Trinajstić information content (AvgIpc) is 3.35. The summed E-state index contributed by atoms with van der Waals surface area (Å²) in [5, 5.41) is 9.08. The molecular weight excluding hydrogens is 348 g/mol. The normalized spacial score (nSPS) is 20.2. The molecule has 1 fully saturated rings. The molecule has 1 aliphatic carbocycles. The van der Waals surface area contributed by atoms with Crippen LogP contribution in [0, 0.1) is 0 Å². The maximum atomic E-state index is 12.9. The molecule has 0 radical (unpaired) electrons. The van der Waals surface area contributed by atoms with Crippen molar-refractivity contribution in [1.29, 1.82) is 0 Å². The van der Waals surface area contributed by atoms with Crippen molar-refractivity contribution in [3.63, 3.8) is 0 Å². The van der Waals surface area contributed by atoms with Gasteiger partial charge in [0, 0.05) is 19.3 Å². The summed E-state index contributed by atoms with van der Waals surface area (Å²) in [5.41, 5.74) is 0.613. The fraction of sp³-hybridized carbons (Fsp3) is 0.500. The van der Waals surface area contributed by atoms with Gasteiger partial charge >= 0.3 is 5.97 Å². The van der Waals surface area contributed by atoms with Gasteiger partial charge in [0.15, 0.2) is 11.5 Å². The third-order valence-corrected chi connectivity index (χ3v) is 5.43. The Kier molecular flexibility index (Phi) is 4.29. The van der Waals surface area contributed by atoms with Crippen LogP contribution in [0.15, 0.2) is 18.7 Å². The molecule has 1 N–H and O–H groups in total. The molecule has 2 aliphatic rings. The van der Waals surface area contributed by atoms with E-state index in [0.29, 0.717) is 18.1 Å². The van der Waals surface area contributed by atoms with Crippen LogP contribution in [0.4, 0.5) is 11.5 Å². The van der Waals surface area contributed by atoms with Crippen molar-refractivity contribution in [3.8, 4) is 5.95 Å². The van der Waals surface area contributed by atoms with Crippen LogP contribution in [-0.2, 0) is 4.79 Å². The molecular formula is C18H22N6O3. The highest BCUT2D eigenvalue weighted by Gasteiger charge is 2.41. The minimum Gasteiger partial charge on any atom is -0.476 e. The zero-order valence-electron chi connectivity index (χ0n) is 15.4. The highest BCUT2D eigenvalue weighted by Crippen LogP contribution is 2.39. The summed E-state index contributed by atoms with van der Waals surface area (Å²) in [6.45, 7) is 2.01. The number of hydrogen-bond donors (Lipinski definition) is 1. The molecule has 1 saturated carbocycles. The van der Waals surface area contributed by atoms with Gasteiger partial charge in [-0.25, -0.2) is 14.8 Å². The maximum absolute atomic E-state index is 12.9. The zero-order chi connectivity index (χ0) is 19.1. The standard InChI is InChI=1S/C18H22N6O3/c1-3-13-16(25)22(2)14-8-19-18(23-9-12(17(26)27)20-10-23)21-15(14)24(13)11-6-4-5-7-11/h8-11,13H,3-7H2,1-2H3,(H,26,27)/t13-/m1/s1. The number of aromatic nitrogens is 4. The number of likely N-dealkylation sites (N-methyl/N-ethyl adjacent to an activating group) is 1. The van der Waals surface area contributed by atoms with Gasteiger partial charge in [0.05, 0.1) is 6.20 Å². The van der Waals surface area contributed by atoms with Crippen LogP contribution in [0.1, 0.15) is 49.5 Å². The quantitative estimate of drug-likeness (QED) is 0.876. The number of anilines is 2. The van der Waals surface area contributed by atoms with Crippen molar-refractivity contribution < 1.29 is 14.7 Å². The van der Waals surface area contributed by atoms with Gasteiger partial charge in [-0.15, -0.1) is 0 Å². The Morgan fingerprint density at radius 3 is 2.67 bits per heavy atom. The van der Waals surface area contributed by atoms with Crippen molar-refractivity contribution in [1.82, 2.24) is 19.5 Å². The first-order valence-electron chi connectivity index (χ1n) is 9.21. The molecule has 1 atom stereocenters. The van der Waals surface area contributed by atoms with Crippen LogP contribution >= 0.6 is 0 Å². The second kappa shape index (κ2) is 6.64. The second-order valence-corrected chi connectivity index (χ2v) is 7.02. The predicted octanol–water partition coefficient (Wildman–Crippen LogP) is 1.86. The van der Waals surface area contributed by atoms with E-state index in [4.69, 9.17) is 10.1 Å². The van der Waals surface area contributed by atoms with E-state index in [-0.39, 0.29) is 23.7 Å². The molecule has 1 aliphatic heterocycles. The Bertz CT molecular complexity index is 889. The number of carboxylic acid groups (broad SMARTS) is 1. The van der Waals surface area contributed by atoms with Gasteiger partial charge in [-0.3, -0.25) is 9.36 Å². The number of aromatic carboxylic acids is 1. The number of nitrogens with zero attached hydrogens (tertiary/aromatic N) is 6. The van der Waals surface area contributed by atoms with Crippen LogP contribution in [0.25, 0.3) is 5.95 Å². The molecule has 2 aromatic heterocycles. The third-order valence-electron chi connectivity index (χ3n) is 5.43. The molecule has 9 nitrogen and oxygen atoms in total. The molecule has 0 spiro atoms. The van der Waals surface area contributed by atoms with E-state index in [1.165, 1.54) is 17.1 Å². The molecule has 9 heteroatoms. The fourth-order valence-corrected chi connectivity index (χ4v) is 4.04. The van der Waals surface area contributed by atoms with Gasteiger partial charge < -0.3 is 14.9 Å². The zero-order valence-corrected chi connectivity index (χ0v) is 15.4. The lowest BCUT2D eigenvalue weighted by Crippen LogP contribution is -2.55. The van der Waals surface area contributed by atoms with Crippen molar-refractivity contribution in [2.45, 2.75) is 51.1 Å². The molecule has 0 bridgehead atoms. The highest BCUT2D eigenvalue weighted by molar-refractivity contribution is 6.04. The SMILES string of the molecule is CC[C@@H]1C(=O)N(C)c2cnc(-n3cnc(C(=O)O)c3)nc2N1C1CCCC1. The van der Waals surface area contributed by atoms with Gasteiger partial charge in [-0.1, -0.05) is 19.8 Å². The van der Waals surface area contributed by atoms with Crippen LogP contribution in [0.5, 0.6) is 0 Å². The first-order valence-corrected chi connectivity index (χ1v) is 9.21. The molecule has 2 aromatic rings. The van der Waals surface area contributed by atoms with Crippen LogP contribution < -0.4 is 9.80 Å². The smallest absolute Gasteiger partial charge is 0.356 e. The lowest BCUT2D eigenvalue weighted by atomic mass is 10.0. The van der Waals surface area contributed by atoms with E-state index in [2.05, 4.69) is 14.9 Å². The van der Waals surface area contributed by atoms with E-state index in [0.717, 1.165) is 31.5 Å². The lowest BCUT2D eigenvalue weighted by molar-refractivity contribution is -0.120. The summed E-state index contributed by atoms with van der Waals surface area (Å²) in [5.74, 6) is 0.0282. The van der Waals surface area contributed by atoms with E-state index in [1.54, 1.807) is 18.1 Å². The summed E-state index contributed by atoms with van der Waals surface area (Å²) in [6.07, 6.45) is 9.49. The van der Waals surface area contributed by atoms with Crippen LogP contribution in [-0.4, -0.2) is 55.6 Å². The second-order valence-electron chi connectivity index (χ2n) is 7.02. The lowest BCUT2D eigenvalue weighted by Gasteiger charge is -2.43. The predicted molar refractivity (Wildman–Crippen MR) is 98.3 cm³/mol. The molecule has 0 saturated heterocycles. The van der Waals surface area contributed by atoms with Crippen LogP contribution in [0.3, 0.4) is 0 Å². The first-order chi connectivity index (χ1) is 13.0. The topological polar surface area (TPSA) is 104 Å². The van der Waals surface area contributed by atoms with Crippen LogP contribution in [0.2, 0.25) is 0 Å².